The summed E-state index contributed by atoms with van der Waals surface area (Å²) in [5.41, 5.74) is 1.22. The molecule has 2 amide bonds. The van der Waals surface area contributed by atoms with Crippen LogP contribution in [0.15, 0.2) is 30.5 Å². The van der Waals surface area contributed by atoms with Crippen molar-refractivity contribution < 1.29 is 23.4 Å². The zero-order valence-corrected chi connectivity index (χ0v) is 19.3. The third-order valence-electron chi connectivity index (χ3n) is 5.70. The first kappa shape index (κ1) is 23.7. The number of halogens is 1. The number of nitrogens with zero attached hydrogens (tertiary/aromatic N) is 3. The van der Waals surface area contributed by atoms with Crippen LogP contribution < -0.4 is 20.1 Å². The number of rotatable bonds is 9. The van der Waals surface area contributed by atoms with Crippen molar-refractivity contribution in [1.29, 1.82) is 0 Å². The number of H-pyrrole nitrogens is 1. The van der Waals surface area contributed by atoms with Crippen LogP contribution in [0, 0.1) is 5.82 Å². The fourth-order valence-corrected chi connectivity index (χ4v) is 4.05. The van der Waals surface area contributed by atoms with Crippen LogP contribution in [0.3, 0.4) is 0 Å². The third-order valence-corrected chi connectivity index (χ3v) is 5.70. The molecule has 34 heavy (non-hydrogen) atoms. The molecule has 1 atom stereocenters. The molecule has 0 bridgehead atoms. The summed E-state index contributed by atoms with van der Waals surface area (Å²) in [6.45, 7) is 2.68. The summed E-state index contributed by atoms with van der Waals surface area (Å²) in [5, 5.41) is 13.5. The van der Waals surface area contributed by atoms with Gasteiger partial charge in [0, 0.05) is 44.1 Å². The second-order valence-electron chi connectivity index (χ2n) is 8.08. The lowest BCUT2D eigenvalue weighted by molar-refractivity contribution is 0.144. The second kappa shape index (κ2) is 11.1. The van der Waals surface area contributed by atoms with Crippen LogP contribution in [0.25, 0.3) is 10.9 Å². The fourth-order valence-electron chi connectivity index (χ4n) is 4.05. The van der Waals surface area contributed by atoms with E-state index in [0.717, 1.165) is 19.4 Å². The highest BCUT2D eigenvalue weighted by Gasteiger charge is 2.23. The Bertz CT molecular complexity index is 1120. The first-order chi connectivity index (χ1) is 16.6. The van der Waals surface area contributed by atoms with Crippen molar-refractivity contribution in [3.8, 4) is 11.6 Å². The lowest BCUT2D eigenvalue weighted by atomic mass is 10.0. The van der Waals surface area contributed by atoms with Gasteiger partial charge in [0.2, 0.25) is 5.88 Å². The number of likely N-dealkylation sites (tertiary alicyclic amines) is 1. The minimum Gasteiger partial charge on any atom is -0.496 e. The number of urea groups is 1. The number of carbonyl (C=O) groups excluding carboxylic acids is 1. The average molecular weight is 473 g/mol. The van der Waals surface area contributed by atoms with Gasteiger partial charge in [-0.25, -0.2) is 14.2 Å². The molecule has 10 nitrogen and oxygen atoms in total. The third kappa shape index (κ3) is 5.72. The van der Waals surface area contributed by atoms with Gasteiger partial charge in [-0.3, -0.25) is 15.3 Å². The maximum Gasteiger partial charge on any atom is 0.320 e. The maximum absolute atomic E-state index is 14.3. The van der Waals surface area contributed by atoms with Crippen molar-refractivity contribution in [2.45, 2.75) is 25.4 Å². The van der Waals surface area contributed by atoms with Crippen LogP contribution >= 0.6 is 0 Å². The molecular weight excluding hydrogens is 443 g/mol. The van der Waals surface area contributed by atoms with E-state index in [1.807, 2.05) is 0 Å². The number of aromatic amines is 1. The Labute approximate surface area is 196 Å². The van der Waals surface area contributed by atoms with Gasteiger partial charge >= 0.3 is 6.03 Å². The molecule has 3 N–H and O–H groups in total. The predicted molar refractivity (Wildman–Crippen MR) is 125 cm³/mol. The number of carbonyl (C=O) groups is 1. The molecule has 0 aliphatic carbocycles. The van der Waals surface area contributed by atoms with E-state index in [-0.39, 0.29) is 17.9 Å². The Morgan fingerprint density at radius 1 is 1.32 bits per heavy atom. The van der Waals surface area contributed by atoms with Gasteiger partial charge in [0.25, 0.3) is 0 Å². The average Bonchev–Trinajstić information content (AvgIpc) is 3.23. The van der Waals surface area contributed by atoms with Gasteiger partial charge in [-0.15, -0.1) is 5.10 Å². The van der Waals surface area contributed by atoms with E-state index in [0.29, 0.717) is 60.2 Å². The molecule has 1 saturated heterocycles. The predicted octanol–water partition coefficient (Wildman–Crippen LogP) is 2.92. The molecule has 1 unspecified atom stereocenters. The number of aromatic nitrogens is 3. The van der Waals surface area contributed by atoms with Gasteiger partial charge in [0.15, 0.2) is 0 Å². The fraction of sp³-hybridized carbons (Fsp3) is 0.435. The van der Waals surface area contributed by atoms with E-state index in [1.165, 1.54) is 13.2 Å². The number of nitrogens with one attached hydrogen (secondary N) is 3. The Morgan fingerprint density at radius 3 is 3.03 bits per heavy atom. The number of benzene rings is 1. The van der Waals surface area contributed by atoms with Crippen LogP contribution in [0.4, 0.5) is 15.0 Å². The molecule has 1 aliphatic rings. The number of pyridine rings is 1. The molecule has 1 fully saturated rings. The topological polar surface area (TPSA) is 114 Å². The summed E-state index contributed by atoms with van der Waals surface area (Å²) in [6.07, 6.45) is 3.33. The Balaban J connectivity index is 1.32. The van der Waals surface area contributed by atoms with E-state index in [4.69, 9.17) is 14.2 Å². The number of fused-ring (bicyclic) bond motifs is 1. The van der Waals surface area contributed by atoms with Crippen molar-refractivity contribution >= 4 is 22.8 Å². The molecule has 3 heterocycles. The van der Waals surface area contributed by atoms with Crippen molar-refractivity contribution in [2.24, 2.45) is 0 Å². The maximum atomic E-state index is 14.3. The highest BCUT2D eigenvalue weighted by Crippen LogP contribution is 2.25. The Kier molecular flexibility index (Phi) is 7.76. The number of hydrogen-bond donors (Lipinski definition) is 3. The Hall–Kier alpha value is -3.44. The number of hydrogen-bond acceptors (Lipinski definition) is 7. The van der Waals surface area contributed by atoms with Gasteiger partial charge in [0.1, 0.15) is 24.0 Å². The number of methoxy groups -OCH3 is 2. The van der Waals surface area contributed by atoms with Gasteiger partial charge < -0.3 is 19.5 Å². The Morgan fingerprint density at radius 2 is 2.21 bits per heavy atom. The minimum absolute atomic E-state index is 0.0665. The quantitative estimate of drug-likeness (QED) is 0.410. The summed E-state index contributed by atoms with van der Waals surface area (Å²) in [7, 11) is 3.13. The van der Waals surface area contributed by atoms with Crippen LogP contribution in [0.2, 0.25) is 0 Å². The van der Waals surface area contributed by atoms with E-state index >= 15 is 0 Å². The van der Waals surface area contributed by atoms with E-state index in [2.05, 4.69) is 30.7 Å². The normalized spacial score (nSPS) is 16.4. The molecule has 0 spiro atoms. The standard InChI is InChI=1S/C23H29FN6O4/c1-32-9-10-34-22-16-12-25-21(11-19(16)28-29-22)27-23(31)26-15-5-4-8-30(13-15)14-17-18(24)6-3-7-20(17)33-2/h3,6-7,11-12,15H,4-5,8-10,13-14H2,1-2H3,(H,28,29)(H2,25,26,27,31). The number of piperidine rings is 1. The smallest absolute Gasteiger partial charge is 0.320 e. The zero-order valence-electron chi connectivity index (χ0n) is 19.3. The molecule has 182 valence electrons. The molecule has 3 aromatic rings. The van der Waals surface area contributed by atoms with Crippen LogP contribution in [-0.4, -0.2) is 72.7 Å². The summed E-state index contributed by atoms with van der Waals surface area (Å²) < 4.78 is 30.1. The zero-order chi connectivity index (χ0) is 23.9. The summed E-state index contributed by atoms with van der Waals surface area (Å²) in [4.78, 5) is 19.0. The molecule has 2 aromatic heterocycles. The monoisotopic (exact) mass is 472 g/mol. The molecule has 1 aliphatic heterocycles. The summed E-state index contributed by atoms with van der Waals surface area (Å²) >= 11 is 0. The highest BCUT2D eigenvalue weighted by atomic mass is 19.1. The molecule has 11 heteroatoms. The van der Waals surface area contributed by atoms with E-state index in [1.54, 1.807) is 31.5 Å². The van der Waals surface area contributed by atoms with Gasteiger partial charge in [-0.2, -0.15) is 0 Å². The highest BCUT2D eigenvalue weighted by molar-refractivity contribution is 5.92. The molecule has 4 rings (SSSR count). The SMILES string of the molecule is COCCOc1n[nH]c2cc(NC(=O)NC3CCCN(Cc4c(F)cccc4OC)C3)ncc12. The lowest BCUT2D eigenvalue weighted by Crippen LogP contribution is -2.48. The van der Waals surface area contributed by atoms with Crippen molar-refractivity contribution in [3.05, 3.63) is 41.8 Å². The minimum atomic E-state index is -0.349. The van der Waals surface area contributed by atoms with Crippen LogP contribution in [0.1, 0.15) is 18.4 Å². The van der Waals surface area contributed by atoms with Crippen LogP contribution in [-0.2, 0) is 11.3 Å². The van der Waals surface area contributed by atoms with E-state index in [9.17, 15) is 9.18 Å². The van der Waals surface area contributed by atoms with Gasteiger partial charge in [-0.1, -0.05) is 6.07 Å². The number of ether oxygens (including phenoxy) is 3. The largest absolute Gasteiger partial charge is 0.496 e. The first-order valence-corrected chi connectivity index (χ1v) is 11.1. The van der Waals surface area contributed by atoms with Crippen molar-refractivity contribution in [1.82, 2.24) is 25.4 Å². The summed E-state index contributed by atoms with van der Waals surface area (Å²) in [6, 6.07) is 6.10. The molecular formula is C23H29FN6O4. The second-order valence-corrected chi connectivity index (χ2v) is 8.08. The van der Waals surface area contributed by atoms with Crippen LogP contribution in [0.5, 0.6) is 11.6 Å². The molecule has 0 radical (unpaired) electrons. The molecule has 1 aromatic carbocycles. The van der Waals surface area contributed by atoms with Gasteiger partial charge in [-0.05, 0) is 31.5 Å². The van der Waals surface area contributed by atoms with E-state index < -0.39 is 0 Å². The number of anilines is 1. The van der Waals surface area contributed by atoms with Gasteiger partial charge in [0.05, 0.1) is 24.6 Å². The molecule has 0 saturated carbocycles. The first-order valence-electron chi connectivity index (χ1n) is 11.1. The van der Waals surface area contributed by atoms with Crippen molar-refractivity contribution in [2.75, 3.05) is 45.8 Å². The summed E-state index contributed by atoms with van der Waals surface area (Å²) in [5.74, 6) is 1.06. The number of amides is 2. The van der Waals surface area contributed by atoms with Crippen molar-refractivity contribution in [3.63, 3.8) is 0 Å². The lowest BCUT2D eigenvalue weighted by Gasteiger charge is -2.33.